The van der Waals surface area contributed by atoms with E-state index in [9.17, 15) is 5.11 Å². The van der Waals surface area contributed by atoms with Crippen molar-refractivity contribution < 1.29 is 9.84 Å². The van der Waals surface area contributed by atoms with Gasteiger partial charge in [0.05, 0.1) is 12.6 Å². The van der Waals surface area contributed by atoms with Gasteiger partial charge in [0.1, 0.15) is 5.82 Å². The summed E-state index contributed by atoms with van der Waals surface area (Å²) < 4.78 is 5.24. The molecule has 22 heavy (non-hydrogen) atoms. The zero-order valence-corrected chi connectivity index (χ0v) is 13.3. The van der Waals surface area contributed by atoms with Gasteiger partial charge >= 0.3 is 0 Å². The van der Waals surface area contributed by atoms with Crippen LogP contribution in [0.25, 0.3) is 10.9 Å². The minimum absolute atomic E-state index is 0.100. The number of anilines is 2. The molecule has 1 aromatic carbocycles. The third kappa shape index (κ3) is 2.61. The molecule has 1 fully saturated rings. The van der Waals surface area contributed by atoms with Crippen molar-refractivity contribution in [3.63, 3.8) is 0 Å². The molecular formula is C16H22N4O2. The Labute approximate surface area is 130 Å². The summed E-state index contributed by atoms with van der Waals surface area (Å²) in [5.41, 5.74) is 0.734. The van der Waals surface area contributed by atoms with Crippen LogP contribution < -0.4 is 14.5 Å². The quantitative estimate of drug-likeness (QED) is 0.939. The van der Waals surface area contributed by atoms with Crippen LogP contribution >= 0.6 is 0 Å². The van der Waals surface area contributed by atoms with Gasteiger partial charge in [-0.3, -0.25) is 0 Å². The number of aromatic hydroxyl groups is 1. The number of hydrogen-bond acceptors (Lipinski definition) is 6. The van der Waals surface area contributed by atoms with Crippen LogP contribution in [0.3, 0.4) is 0 Å². The standard InChI is InChI=1S/C16H22N4O2/c1-19(2)16-17-12-10-13(21)14(22-3)9-11(12)15(18-16)20-7-5-4-6-8-20/h9-10,21H,4-8H2,1-3H3. The van der Waals surface area contributed by atoms with Gasteiger partial charge in [-0.2, -0.15) is 4.98 Å². The largest absolute Gasteiger partial charge is 0.504 e. The molecule has 1 aromatic heterocycles. The summed E-state index contributed by atoms with van der Waals surface area (Å²) in [5.74, 6) is 2.12. The predicted octanol–water partition coefficient (Wildman–Crippen LogP) is 2.40. The summed E-state index contributed by atoms with van der Waals surface area (Å²) in [6, 6.07) is 3.48. The fourth-order valence-corrected chi connectivity index (χ4v) is 2.83. The van der Waals surface area contributed by atoms with Gasteiger partial charge in [-0.1, -0.05) is 0 Å². The summed E-state index contributed by atoms with van der Waals surface area (Å²) in [6.45, 7) is 2.00. The second-order valence-electron chi connectivity index (χ2n) is 5.83. The van der Waals surface area contributed by atoms with Crippen molar-refractivity contribution in [2.24, 2.45) is 0 Å². The first kappa shape index (κ1) is 14.7. The molecule has 3 rings (SSSR count). The summed E-state index contributed by atoms with van der Waals surface area (Å²) in [4.78, 5) is 13.5. The number of fused-ring (bicyclic) bond motifs is 1. The average molecular weight is 302 g/mol. The molecule has 0 radical (unpaired) electrons. The van der Waals surface area contributed by atoms with Gasteiger partial charge in [0.25, 0.3) is 0 Å². The van der Waals surface area contributed by atoms with Gasteiger partial charge in [0.2, 0.25) is 5.95 Å². The third-order valence-corrected chi connectivity index (χ3v) is 4.02. The Balaban J connectivity index is 2.20. The first-order chi connectivity index (χ1) is 10.6. The first-order valence-electron chi connectivity index (χ1n) is 7.61. The molecule has 0 spiro atoms. The smallest absolute Gasteiger partial charge is 0.227 e. The van der Waals surface area contributed by atoms with E-state index in [1.54, 1.807) is 13.2 Å². The Morgan fingerprint density at radius 1 is 1.14 bits per heavy atom. The molecule has 0 atom stereocenters. The van der Waals surface area contributed by atoms with Crippen LogP contribution in [0.15, 0.2) is 12.1 Å². The third-order valence-electron chi connectivity index (χ3n) is 4.02. The molecular weight excluding hydrogens is 280 g/mol. The van der Waals surface area contributed by atoms with Crippen molar-refractivity contribution >= 4 is 22.7 Å². The van der Waals surface area contributed by atoms with Crippen LogP contribution in [0.4, 0.5) is 11.8 Å². The van der Waals surface area contributed by atoms with E-state index >= 15 is 0 Å². The molecule has 2 heterocycles. The van der Waals surface area contributed by atoms with Crippen molar-refractivity contribution in [2.75, 3.05) is 44.1 Å². The Hall–Kier alpha value is -2.24. The van der Waals surface area contributed by atoms with E-state index in [-0.39, 0.29) is 5.75 Å². The second kappa shape index (κ2) is 5.87. The van der Waals surface area contributed by atoms with Gasteiger partial charge in [-0.15, -0.1) is 0 Å². The molecule has 1 aliphatic heterocycles. The number of nitrogens with zero attached hydrogens (tertiary/aromatic N) is 4. The number of rotatable bonds is 3. The Bertz CT molecular complexity index is 681. The molecule has 1 saturated heterocycles. The molecule has 0 amide bonds. The maximum Gasteiger partial charge on any atom is 0.227 e. The molecule has 1 N–H and O–H groups in total. The SMILES string of the molecule is COc1cc2c(N3CCCCC3)nc(N(C)C)nc2cc1O. The van der Waals surface area contributed by atoms with E-state index in [4.69, 9.17) is 9.72 Å². The number of benzene rings is 1. The highest BCUT2D eigenvalue weighted by molar-refractivity contribution is 5.93. The van der Waals surface area contributed by atoms with Crippen molar-refractivity contribution in [3.8, 4) is 11.5 Å². The van der Waals surface area contributed by atoms with Crippen LogP contribution in [0.1, 0.15) is 19.3 Å². The molecule has 0 saturated carbocycles. The summed E-state index contributed by atoms with van der Waals surface area (Å²) >= 11 is 0. The summed E-state index contributed by atoms with van der Waals surface area (Å²) in [5, 5.41) is 10.9. The van der Waals surface area contributed by atoms with Crippen LogP contribution in [0.5, 0.6) is 11.5 Å². The lowest BCUT2D eigenvalue weighted by atomic mass is 10.1. The molecule has 118 valence electrons. The van der Waals surface area contributed by atoms with E-state index in [1.807, 2.05) is 25.1 Å². The van der Waals surface area contributed by atoms with Gasteiger partial charge < -0.3 is 19.6 Å². The predicted molar refractivity (Wildman–Crippen MR) is 88.1 cm³/mol. The highest BCUT2D eigenvalue weighted by atomic mass is 16.5. The first-order valence-corrected chi connectivity index (χ1v) is 7.61. The van der Waals surface area contributed by atoms with Gasteiger partial charge in [0.15, 0.2) is 11.5 Å². The zero-order valence-electron chi connectivity index (χ0n) is 13.3. The number of methoxy groups -OCH3 is 1. The minimum Gasteiger partial charge on any atom is -0.504 e. The number of phenolic OH excluding ortho intramolecular Hbond substituents is 1. The molecule has 0 bridgehead atoms. The van der Waals surface area contributed by atoms with Crippen molar-refractivity contribution in [1.29, 1.82) is 0 Å². The maximum absolute atomic E-state index is 10.0. The number of piperidine rings is 1. The van der Waals surface area contributed by atoms with Gasteiger partial charge in [-0.05, 0) is 25.3 Å². The van der Waals surface area contributed by atoms with Crippen LogP contribution in [-0.4, -0.2) is 49.4 Å². The number of aromatic nitrogens is 2. The highest BCUT2D eigenvalue weighted by Crippen LogP contribution is 2.36. The second-order valence-corrected chi connectivity index (χ2v) is 5.83. The lowest BCUT2D eigenvalue weighted by Crippen LogP contribution is -2.31. The molecule has 0 aliphatic carbocycles. The van der Waals surface area contributed by atoms with Crippen LogP contribution in [-0.2, 0) is 0 Å². The maximum atomic E-state index is 10.0. The monoisotopic (exact) mass is 302 g/mol. The van der Waals surface area contributed by atoms with E-state index < -0.39 is 0 Å². The number of phenols is 1. The molecule has 1 aliphatic rings. The Morgan fingerprint density at radius 3 is 2.50 bits per heavy atom. The van der Waals surface area contributed by atoms with Gasteiger partial charge in [-0.25, -0.2) is 4.98 Å². The van der Waals surface area contributed by atoms with Crippen molar-refractivity contribution in [3.05, 3.63) is 12.1 Å². The zero-order chi connectivity index (χ0) is 15.7. The lowest BCUT2D eigenvalue weighted by molar-refractivity contribution is 0.374. The molecule has 6 heteroatoms. The molecule has 2 aromatic rings. The molecule has 6 nitrogen and oxygen atoms in total. The van der Waals surface area contributed by atoms with Crippen LogP contribution in [0.2, 0.25) is 0 Å². The normalized spacial score (nSPS) is 15.1. The summed E-state index contributed by atoms with van der Waals surface area (Å²) in [7, 11) is 5.39. The van der Waals surface area contributed by atoms with Gasteiger partial charge in [0, 0.05) is 38.6 Å². The summed E-state index contributed by atoms with van der Waals surface area (Å²) in [6.07, 6.45) is 3.63. The average Bonchev–Trinajstić information content (AvgIpc) is 2.53. The van der Waals surface area contributed by atoms with E-state index in [0.29, 0.717) is 11.7 Å². The van der Waals surface area contributed by atoms with E-state index in [0.717, 1.165) is 29.8 Å². The molecule has 0 unspecified atom stereocenters. The highest BCUT2D eigenvalue weighted by Gasteiger charge is 2.19. The lowest BCUT2D eigenvalue weighted by Gasteiger charge is -2.29. The fourth-order valence-electron chi connectivity index (χ4n) is 2.83. The van der Waals surface area contributed by atoms with E-state index in [1.165, 1.54) is 19.3 Å². The number of hydrogen-bond donors (Lipinski definition) is 1. The van der Waals surface area contributed by atoms with Crippen LogP contribution in [0, 0.1) is 0 Å². The fraction of sp³-hybridized carbons (Fsp3) is 0.500. The Kier molecular flexibility index (Phi) is 3.92. The topological polar surface area (TPSA) is 61.7 Å². The minimum atomic E-state index is 0.100. The van der Waals surface area contributed by atoms with Crippen molar-refractivity contribution in [1.82, 2.24) is 9.97 Å². The van der Waals surface area contributed by atoms with Crippen molar-refractivity contribution in [2.45, 2.75) is 19.3 Å². The Morgan fingerprint density at radius 2 is 1.86 bits per heavy atom. The number of ether oxygens (including phenoxy) is 1. The van der Waals surface area contributed by atoms with E-state index in [2.05, 4.69) is 9.88 Å².